The van der Waals surface area contributed by atoms with Gasteiger partial charge in [0, 0.05) is 31.8 Å². The number of nitrogens with zero attached hydrogens (tertiary/aromatic N) is 3. The molecule has 1 aromatic carbocycles. The molecule has 180 valence electrons. The smallest absolute Gasteiger partial charge is 0.484 e. The van der Waals surface area contributed by atoms with Crippen molar-refractivity contribution in [1.82, 2.24) is 14.5 Å². The minimum Gasteiger partial charge on any atom is -0.484 e. The number of imidazole rings is 1. The van der Waals surface area contributed by atoms with Gasteiger partial charge in [-0.25, -0.2) is 9.78 Å². The van der Waals surface area contributed by atoms with E-state index in [1.165, 1.54) is 18.5 Å². The number of methoxy groups -OCH3 is 1. The van der Waals surface area contributed by atoms with Crippen LogP contribution in [0.25, 0.3) is 0 Å². The molecular formula is C22H26F3N3O5. The van der Waals surface area contributed by atoms with Gasteiger partial charge in [0.1, 0.15) is 5.75 Å². The highest BCUT2D eigenvalue weighted by Crippen LogP contribution is 2.34. The SMILES string of the molecule is COCC1CN(C(=O)COc2ccccc2)Cc2ncn(CC3CC3)c21.O=C(O)C(F)(F)F. The van der Waals surface area contributed by atoms with Crippen LogP contribution in [-0.2, 0) is 27.4 Å². The van der Waals surface area contributed by atoms with Crippen molar-refractivity contribution in [3.05, 3.63) is 48.0 Å². The molecule has 2 heterocycles. The van der Waals surface area contributed by atoms with Crippen molar-refractivity contribution in [3.63, 3.8) is 0 Å². The minimum atomic E-state index is -5.08. The van der Waals surface area contributed by atoms with Gasteiger partial charge in [0.2, 0.25) is 0 Å². The summed E-state index contributed by atoms with van der Waals surface area (Å²) in [5.41, 5.74) is 2.23. The van der Waals surface area contributed by atoms with E-state index in [1.807, 2.05) is 41.6 Å². The van der Waals surface area contributed by atoms with Crippen LogP contribution in [0.15, 0.2) is 36.7 Å². The number of rotatable bonds is 7. The fraction of sp³-hybridized carbons (Fsp3) is 0.500. The quantitative estimate of drug-likeness (QED) is 0.670. The summed E-state index contributed by atoms with van der Waals surface area (Å²) in [5, 5.41) is 7.12. The van der Waals surface area contributed by atoms with Gasteiger partial charge in [0.25, 0.3) is 5.91 Å². The lowest BCUT2D eigenvalue weighted by Gasteiger charge is -2.33. The maximum absolute atomic E-state index is 12.7. The summed E-state index contributed by atoms with van der Waals surface area (Å²) >= 11 is 0. The Kier molecular flexibility index (Phi) is 7.96. The molecule has 0 saturated heterocycles. The standard InChI is InChI=1S/C20H25N3O3.C2HF3O2/c1-25-12-16-10-22(19(24)13-26-17-5-3-2-4-6-17)11-18-20(16)23(14-21-18)9-15-7-8-15;3-2(4,5)1(6)7/h2-6,14-16H,7-13H2,1H3;(H,6,7). The summed E-state index contributed by atoms with van der Waals surface area (Å²) in [4.78, 5) is 28.0. The Morgan fingerprint density at radius 1 is 1.21 bits per heavy atom. The first-order valence-electron chi connectivity index (χ1n) is 10.5. The molecule has 1 aliphatic carbocycles. The van der Waals surface area contributed by atoms with Crippen LogP contribution in [0.4, 0.5) is 13.2 Å². The van der Waals surface area contributed by atoms with Crippen LogP contribution in [0.3, 0.4) is 0 Å². The van der Waals surface area contributed by atoms with Crippen molar-refractivity contribution >= 4 is 11.9 Å². The molecule has 0 radical (unpaired) electrons. The van der Waals surface area contributed by atoms with Gasteiger partial charge in [-0.2, -0.15) is 13.2 Å². The van der Waals surface area contributed by atoms with E-state index in [1.54, 1.807) is 7.11 Å². The number of aliphatic carboxylic acids is 1. The molecule has 1 aromatic heterocycles. The molecule has 0 spiro atoms. The van der Waals surface area contributed by atoms with E-state index in [0.717, 1.165) is 18.2 Å². The number of alkyl halides is 3. The Balaban J connectivity index is 0.000000383. The molecule has 1 saturated carbocycles. The fourth-order valence-electron chi connectivity index (χ4n) is 3.62. The number of amides is 1. The van der Waals surface area contributed by atoms with Crippen LogP contribution in [0.5, 0.6) is 5.75 Å². The van der Waals surface area contributed by atoms with Gasteiger partial charge < -0.3 is 24.0 Å². The molecule has 33 heavy (non-hydrogen) atoms. The first-order chi connectivity index (χ1) is 15.7. The Labute approximate surface area is 188 Å². The molecule has 8 nitrogen and oxygen atoms in total. The molecule has 1 amide bonds. The van der Waals surface area contributed by atoms with Gasteiger partial charge in [0.15, 0.2) is 6.61 Å². The largest absolute Gasteiger partial charge is 0.490 e. The molecule has 1 unspecified atom stereocenters. The average molecular weight is 469 g/mol. The van der Waals surface area contributed by atoms with Gasteiger partial charge >= 0.3 is 12.1 Å². The van der Waals surface area contributed by atoms with Crippen molar-refractivity contribution in [2.45, 2.75) is 38.0 Å². The highest BCUT2D eigenvalue weighted by molar-refractivity contribution is 5.78. The van der Waals surface area contributed by atoms with Crippen LogP contribution in [-0.4, -0.2) is 64.5 Å². The number of carbonyl (C=O) groups is 2. The number of carboxylic acids is 1. The number of carbonyl (C=O) groups excluding carboxylic acids is 1. The maximum atomic E-state index is 12.7. The molecule has 11 heteroatoms. The van der Waals surface area contributed by atoms with E-state index in [-0.39, 0.29) is 18.4 Å². The number of hydrogen-bond acceptors (Lipinski definition) is 5. The lowest BCUT2D eigenvalue weighted by molar-refractivity contribution is -0.192. The van der Waals surface area contributed by atoms with Gasteiger partial charge in [0.05, 0.1) is 25.2 Å². The second-order valence-corrected chi connectivity index (χ2v) is 8.00. The van der Waals surface area contributed by atoms with E-state index >= 15 is 0 Å². The zero-order valence-electron chi connectivity index (χ0n) is 18.1. The number of carboxylic acid groups (broad SMARTS) is 1. The zero-order chi connectivity index (χ0) is 24.0. The molecule has 1 atom stereocenters. The van der Waals surface area contributed by atoms with Gasteiger partial charge in [-0.1, -0.05) is 18.2 Å². The topological polar surface area (TPSA) is 93.9 Å². The summed E-state index contributed by atoms with van der Waals surface area (Å²) in [6.07, 6.45) is -0.535. The highest BCUT2D eigenvalue weighted by Gasteiger charge is 2.38. The minimum absolute atomic E-state index is 0.0163. The second kappa shape index (κ2) is 10.7. The number of benzene rings is 1. The predicted octanol–water partition coefficient (Wildman–Crippen LogP) is 3.08. The third-order valence-corrected chi connectivity index (χ3v) is 5.35. The Hall–Kier alpha value is -3.08. The second-order valence-electron chi connectivity index (χ2n) is 8.00. The molecular weight excluding hydrogens is 443 g/mol. The molecule has 2 aliphatic rings. The summed E-state index contributed by atoms with van der Waals surface area (Å²) in [5.74, 6) is -1.12. The van der Waals surface area contributed by atoms with Crippen LogP contribution in [0, 0.1) is 5.92 Å². The number of hydrogen-bond donors (Lipinski definition) is 1. The van der Waals surface area contributed by atoms with E-state index in [4.69, 9.17) is 19.4 Å². The third-order valence-electron chi connectivity index (χ3n) is 5.35. The number of halogens is 3. The number of ether oxygens (including phenoxy) is 2. The van der Waals surface area contributed by atoms with Crippen LogP contribution in [0.2, 0.25) is 0 Å². The third kappa shape index (κ3) is 6.95. The highest BCUT2D eigenvalue weighted by atomic mass is 19.4. The molecule has 1 fully saturated rings. The number of para-hydroxylation sites is 1. The van der Waals surface area contributed by atoms with Gasteiger partial charge in [-0.3, -0.25) is 4.79 Å². The van der Waals surface area contributed by atoms with Gasteiger partial charge in [-0.05, 0) is 30.9 Å². The monoisotopic (exact) mass is 469 g/mol. The van der Waals surface area contributed by atoms with Crippen LogP contribution in [0.1, 0.15) is 30.1 Å². The Bertz CT molecular complexity index is 944. The van der Waals surface area contributed by atoms with Crippen LogP contribution < -0.4 is 4.74 Å². The van der Waals surface area contributed by atoms with Crippen molar-refractivity contribution < 1.29 is 37.3 Å². The van der Waals surface area contributed by atoms with E-state index in [2.05, 4.69) is 9.55 Å². The Morgan fingerprint density at radius 2 is 1.88 bits per heavy atom. The summed E-state index contributed by atoms with van der Waals surface area (Å²) in [7, 11) is 1.71. The predicted molar refractivity (Wildman–Crippen MR) is 111 cm³/mol. The van der Waals surface area contributed by atoms with E-state index in [9.17, 15) is 18.0 Å². The summed E-state index contributed by atoms with van der Waals surface area (Å²) in [6.45, 7) is 2.86. The first kappa shape index (κ1) is 24.6. The molecule has 1 N–H and O–H groups in total. The van der Waals surface area contributed by atoms with E-state index < -0.39 is 12.1 Å². The normalized spacial score (nSPS) is 17.6. The maximum Gasteiger partial charge on any atom is 0.490 e. The van der Waals surface area contributed by atoms with Gasteiger partial charge in [-0.15, -0.1) is 0 Å². The fourth-order valence-corrected chi connectivity index (χ4v) is 3.62. The zero-order valence-corrected chi connectivity index (χ0v) is 18.1. The Morgan fingerprint density at radius 3 is 2.45 bits per heavy atom. The lowest BCUT2D eigenvalue weighted by atomic mass is 9.98. The van der Waals surface area contributed by atoms with Crippen molar-refractivity contribution in [3.8, 4) is 5.75 Å². The lowest BCUT2D eigenvalue weighted by Crippen LogP contribution is -2.42. The average Bonchev–Trinajstić information content (AvgIpc) is 3.50. The molecule has 0 bridgehead atoms. The van der Waals surface area contributed by atoms with Crippen molar-refractivity contribution in [1.29, 1.82) is 0 Å². The number of aromatic nitrogens is 2. The van der Waals surface area contributed by atoms with Crippen LogP contribution >= 0.6 is 0 Å². The first-order valence-corrected chi connectivity index (χ1v) is 10.5. The van der Waals surface area contributed by atoms with E-state index in [0.29, 0.717) is 25.4 Å². The van der Waals surface area contributed by atoms with Crippen molar-refractivity contribution in [2.75, 3.05) is 26.9 Å². The summed E-state index contributed by atoms with van der Waals surface area (Å²) in [6, 6.07) is 9.43. The van der Waals surface area contributed by atoms with Crippen molar-refractivity contribution in [2.24, 2.45) is 5.92 Å². The molecule has 1 aliphatic heterocycles. The molecule has 2 aromatic rings. The summed E-state index contributed by atoms with van der Waals surface area (Å²) < 4.78 is 45.1. The molecule has 4 rings (SSSR count). The number of fused-ring (bicyclic) bond motifs is 1.